The first-order valence-corrected chi connectivity index (χ1v) is 10.3. The minimum absolute atomic E-state index is 0.126. The lowest BCUT2D eigenvalue weighted by Crippen LogP contribution is -2.28. The summed E-state index contributed by atoms with van der Waals surface area (Å²) in [6.45, 7) is 5.50. The molecule has 4 rings (SSSR count). The van der Waals surface area contributed by atoms with Crippen LogP contribution in [0.5, 0.6) is 0 Å². The SMILES string of the molecule is CC(C)(C)OC(=O)Nc1c(C2CCc3ccccc3C2=O)sc2ccccc12. The number of carbonyl (C=O) groups excluding carboxylic acids is 2. The Morgan fingerprint density at radius 1 is 1.11 bits per heavy atom. The van der Waals surface area contributed by atoms with E-state index in [4.69, 9.17) is 4.74 Å². The van der Waals surface area contributed by atoms with Gasteiger partial charge < -0.3 is 4.74 Å². The van der Waals surface area contributed by atoms with Crippen molar-refractivity contribution in [2.24, 2.45) is 0 Å². The highest BCUT2D eigenvalue weighted by atomic mass is 32.1. The van der Waals surface area contributed by atoms with E-state index in [0.29, 0.717) is 5.69 Å². The Morgan fingerprint density at radius 3 is 2.61 bits per heavy atom. The van der Waals surface area contributed by atoms with E-state index >= 15 is 0 Å². The standard InChI is InChI=1S/C23H23NO3S/c1-23(2,3)27-22(26)24-19-16-10-6-7-11-18(16)28-21(19)17-13-12-14-8-4-5-9-15(14)20(17)25/h4-11,17H,12-13H2,1-3H3,(H,24,26). The fraction of sp³-hybridized carbons (Fsp3) is 0.304. The Balaban J connectivity index is 1.75. The van der Waals surface area contributed by atoms with Crippen LogP contribution in [-0.4, -0.2) is 17.5 Å². The van der Waals surface area contributed by atoms with Crippen LogP contribution in [0.4, 0.5) is 10.5 Å². The number of anilines is 1. The van der Waals surface area contributed by atoms with E-state index in [1.54, 1.807) is 11.3 Å². The number of carbonyl (C=O) groups is 2. The van der Waals surface area contributed by atoms with Crippen LogP contribution in [0.2, 0.25) is 0 Å². The molecule has 0 saturated heterocycles. The molecule has 1 aliphatic carbocycles. The van der Waals surface area contributed by atoms with E-state index in [9.17, 15) is 9.59 Å². The number of Topliss-reactive ketones (excluding diaryl/α,β-unsaturated/α-hetero) is 1. The zero-order chi connectivity index (χ0) is 19.9. The minimum Gasteiger partial charge on any atom is -0.444 e. The normalized spacial score (nSPS) is 16.7. The Morgan fingerprint density at radius 2 is 1.82 bits per heavy atom. The molecule has 1 unspecified atom stereocenters. The number of aryl methyl sites for hydroxylation is 1. The van der Waals surface area contributed by atoms with Crippen molar-refractivity contribution < 1.29 is 14.3 Å². The predicted octanol–water partition coefficient (Wildman–Crippen LogP) is 6.16. The molecule has 3 aromatic rings. The summed E-state index contributed by atoms with van der Waals surface area (Å²) in [5.41, 5.74) is 2.01. The van der Waals surface area contributed by atoms with Gasteiger partial charge in [0.1, 0.15) is 5.60 Å². The number of rotatable bonds is 2. The van der Waals surface area contributed by atoms with Gasteiger partial charge in [-0.2, -0.15) is 0 Å². The number of fused-ring (bicyclic) bond motifs is 2. The van der Waals surface area contributed by atoms with Crippen LogP contribution in [0.15, 0.2) is 48.5 Å². The lowest BCUT2D eigenvalue weighted by atomic mass is 9.81. The van der Waals surface area contributed by atoms with Crippen LogP contribution in [-0.2, 0) is 11.2 Å². The lowest BCUT2D eigenvalue weighted by Gasteiger charge is -2.24. The first-order chi connectivity index (χ1) is 13.3. The summed E-state index contributed by atoms with van der Waals surface area (Å²) in [6.07, 6.45) is 1.10. The maximum Gasteiger partial charge on any atom is 0.412 e. The monoisotopic (exact) mass is 393 g/mol. The molecular formula is C23H23NO3S. The second-order valence-electron chi connectivity index (χ2n) is 8.08. The summed E-state index contributed by atoms with van der Waals surface area (Å²) < 4.78 is 6.51. The summed E-state index contributed by atoms with van der Waals surface area (Å²) in [6, 6.07) is 15.7. The molecule has 1 atom stereocenters. The van der Waals surface area contributed by atoms with Crippen molar-refractivity contribution in [2.45, 2.75) is 45.1 Å². The highest BCUT2D eigenvalue weighted by Crippen LogP contribution is 2.44. The quantitative estimate of drug-likeness (QED) is 0.567. The molecule has 1 amide bonds. The predicted molar refractivity (Wildman–Crippen MR) is 114 cm³/mol. The van der Waals surface area contributed by atoms with Crippen LogP contribution in [0.25, 0.3) is 10.1 Å². The highest BCUT2D eigenvalue weighted by Gasteiger charge is 2.33. The number of amides is 1. The van der Waals surface area contributed by atoms with Crippen LogP contribution in [0.3, 0.4) is 0 Å². The van der Waals surface area contributed by atoms with E-state index < -0.39 is 11.7 Å². The number of hydrogen-bond donors (Lipinski definition) is 1. The van der Waals surface area contributed by atoms with E-state index in [-0.39, 0.29) is 11.7 Å². The average molecular weight is 394 g/mol. The second kappa shape index (κ2) is 7.06. The third kappa shape index (κ3) is 3.54. The Labute approximate surface area is 168 Å². The topological polar surface area (TPSA) is 55.4 Å². The maximum atomic E-state index is 13.2. The molecule has 144 valence electrons. The van der Waals surface area contributed by atoms with Crippen molar-refractivity contribution >= 4 is 39.0 Å². The molecule has 28 heavy (non-hydrogen) atoms. The van der Waals surface area contributed by atoms with Gasteiger partial charge in [-0.1, -0.05) is 42.5 Å². The van der Waals surface area contributed by atoms with E-state index in [1.807, 2.05) is 69.3 Å². The van der Waals surface area contributed by atoms with Gasteiger partial charge in [-0.3, -0.25) is 10.1 Å². The molecule has 1 aliphatic rings. The summed E-state index contributed by atoms with van der Waals surface area (Å²) in [4.78, 5) is 26.6. The van der Waals surface area contributed by atoms with Gasteiger partial charge in [0.05, 0.1) is 11.6 Å². The summed E-state index contributed by atoms with van der Waals surface area (Å²) in [5.74, 6) is -0.127. The number of ether oxygens (including phenoxy) is 1. The number of hydrogen-bond acceptors (Lipinski definition) is 4. The fourth-order valence-electron chi connectivity index (χ4n) is 3.69. The molecule has 0 saturated carbocycles. The van der Waals surface area contributed by atoms with Crippen LogP contribution in [0.1, 0.15) is 53.9 Å². The van der Waals surface area contributed by atoms with Crippen molar-refractivity contribution in [1.82, 2.24) is 0 Å². The van der Waals surface area contributed by atoms with Crippen molar-refractivity contribution in [3.63, 3.8) is 0 Å². The van der Waals surface area contributed by atoms with E-state index in [0.717, 1.165) is 38.9 Å². The molecule has 4 nitrogen and oxygen atoms in total. The van der Waals surface area contributed by atoms with Crippen molar-refractivity contribution in [3.8, 4) is 0 Å². The summed E-state index contributed by atoms with van der Waals surface area (Å²) in [5, 5.41) is 3.87. The van der Waals surface area contributed by atoms with Crippen LogP contribution >= 0.6 is 11.3 Å². The lowest BCUT2D eigenvalue weighted by molar-refractivity contribution is 0.0635. The van der Waals surface area contributed by atoms with Gasteiger partial charge in [-0.25, -0.2) is 4.79 Å². The van der Waals surface area contributed by atoms with Crippen molar-refractivity contribution in [1.29, 1.82) is 0 Å². The maximum absolute atomic E-state index is 13.2. The number of nitrogens with one attached hydrogen (secondary N) is 1. The first-order valence-electron chi connectivity index (χ1n) is 9.47. The fourth-order valence-corrected chi connectivity index (χ4v) is 4.99. The number of thiophene rings is 1. The van der Waals surface area contributed by atoms with E-state index in [2.05, 4.69) is 5.32 Å². The molecule has 1 aromatic heterocycles. The van der Waals surface area contributed by atoms with Crippen LogP contribution in [0, 0.1) is 0 Å². The largest absolute Gasteiger partial charge is 0.444 e. The van der Waals surface area contributed by atoms with Gasteiger partial charge in [0.25, 0.3) is 0 Å². The molecule has 1 N–H and O–H groups in total. The van der Waals surface area contributed by atoms with Gasteiger partial charge in [0, 0.05) is 20.5 Å². The van der Waals surface area contributed by atoms with E-state index in [1.165, 1.54) is 0 Å². The van der Waals surface area contributed by atoms with Gasteiger partial charge in [0.2, 0.25) is 0 Å². The number of ketones is 1. The third-order valence-electron chi connectivity index (χ3n) is 4.87. The summed E-state index contributed by atoms with van der Waals surface area (Å²) >= 11 is 1.58. The molecule has 0 fully saturated rings. The van der Waals surface area contributed by atoms with Gasteiger partial charge >= 0.3 is 6.09 Å². The first kappa shape index (κ1) is 18.7. The number of benzene rings is 2. The molecule has 0 bridgehead atoms. The zero-order valence-electron chi connectivity index (χ0n) is 16.2. The zero-order valence-corrected chi connectivity index (χ0v) is 17.1. The third-order valence-corrected chi connectivity index (χ3v) is 6.15. The van der Waals surface area contributed by atoms with Gasteiger partial charge in [-0.15, -0.1) is 11.3 Å². The average Bonchev–Trinajstić information content (AvgIpc) is 2.99. The second-order valence-corrected chi connectivity index (χ2v) is 9.16. The Bertz CT molecular complexity index is 1060. The smallest absolute Gasteiger partial charge is 0.412 e. The molecule has 5 heteroatoms. The Hall–Kier alpha value is -2.66. The Kier molecular flexibility index (Phi) is 4.71. The summed E-state index contributed by atoms with van der Waals surface area (Å²) in [7, 11) is 0. The minimum atomic E-state index is -0.588. The molecule has 0 radical (unpaired) electrons. The molecule has 0 spiro atoms. The molecule has 2 aromatic carbocycles. The molecule has 0 aliphatic heterocycles. The van der Waals surface area contributed by atoms with Crippen molar-refractivity contribution in [3.05, 3.63) is 64.5 Å². The molecule has 1 heterocycles. The van der Waals surface area contributed by atoms with Gasteiger partial charge in [-0.05, 0) is 45.2 Å². The van der Waals surface area contributed by atoms with Gasteiger partial charge in [0.15, 0.2) is 5.78 Å². The molecular weight excluding hydrogens is 370 g/mol. The van der Waals surface area contributed by atoms with Crippen molar-refractivity contribution in [2.75, 3.05) is 5.32 Å². The van der Waals surface area contributed by atoms with Crippen LogP contribution < -0.4 is 5.32 Å². The highest BCUT2D eigenvalue weighted by molar-refractivity contribution is 7.20.